The van der Waals surface area contributed by atoms with Crippen molar-refractivity contribution in [2.45, 2.75) is 23.8 Å². The number of nitrogens with zero attached hydrogens (tertiary/aromatic N) is 2. The zero-order chi connectivity index (χ0) is 14.9. The molecule has 1 aliphatic heterocycles. The molecular formula is C18H16N2OS. The summed E-state index contributed by atoms with van der Waals surface area (Å²) in [6.07, 6.45) is 1.94. The highest BCUT2D eigenvalue weighted by Crippen LogP contribution is 2.32. The van der Waals surface area contributed by atoms with Crippen LogP contribution in [0.25, 0.3) is 10.9 Å². The van der Waals surface area contributed by atoms with Crippen molar-refractivity contribution in [3.05, 3.63) is 70.8 Å². The van der Waals surface area contributed by atoms with E-state index in [0.717, 1.165) is 35.3 Å². The Balaban J connectivity index is 1.70. The van der Waals surface area contributed by atoms with Crippen molar-refractivity contribution >= 4 is 22.7 Å². The van der Waals surface area contributed by atoms with Crippen molar-refractivity contribution in [1.82, 2.24) is 9.55 Å². The van der Waals surface area contributed by atoms with Crippen LogP contribution in [0.2, 0.25) is 0 Å². The molecule has 2 aromatic carbocycles. The average Bonchev–Trinajstić information content (AvgIpc) is 2.97. The summed E-state index contributed by atoms with van der Waals surface area (Å²) in [5.74, 6) is 1.94. The highest BCUT2D eigenvalue weighted by molar-refractivity contribution is 7.99. The first-order valence-corrected chi connectivity index (χ1v) is 8.49. The smallest absolute Gasteiger partial charge is 0.280 e. The van der Waals surface area contributed by atoms with Crippen LogP contribution in [0.3, 0.4) is 0 Å². The molecule has 0 saturated heterocycles. The van der Waals surface area contributed by atoms with Crippen molar-refractivity contribution in [3.63, 3.8) is 0 Å². The summed E-state index contributed by atoms with van der Waals surface area (Å²) in [4.78, 5) is 17.7. The fraction of sp³-hybridized carbons (Fsp3) is 0.222. The Morgan fingerprint density at radius 3 is 2.73 bits per heavy atom. The van der Waals surface area contributed by atoms with Gasteiger partial charge in [-0.15, -0.1) is 11.8 Å². The van der Waals surface area contributed by atoms with Gasteiger partial charge < -0.3 is 4.57 Å². The maximum atomic E-state index is 12.1. The highest BCUT2D eigenvalue weighted by atomic mass is 32.2. The van der Waals surface area contributed by atoms with Gasteiger partial charge >= 0.3 is 0 Å². The largest absolute Gasteiger partial charge is 0.325 e. The predicted octanol–water partition coefficient (Wildman–Crippen LogP) is 3.68. The second kappa shape index (κ2) is 5.61. The molecule has 0 fully saturated rings. The van der Waals surface area contributed by atoms with Gasteiger partial charge in [0.15, 0.2) is 0 Å². The van der Waals surface area contributed by atoms with Gasteiger partial charge in [-0.25, -0.2) is 0 Å². The number of hydrogen-bond donors (Lipinski definition) is 0. The molecule has 4 rings (SSSR count). The van der Waals surface area contributed by atoms with Crippen LogP contribution in [0.15, 0.2) is 64.3 Å². The predicted molar refractivity (Wildman–Crippen MR) is 90.5 cm³/mol. The maximum Gasteiger partial charge on any atom is 0.280 e. The van der Waals surface area contributed by atoms with Crippen LogP contribution in [-0.2, 0) is 6.42 Å². The van der Waals surface area contributed by atoms with Crippen molar-refractivity contribution in [2.75, 3.05) is 5.75 Å². The fourth-order valence-electron chi connectivity index (χ4n) is 3.11. The van der Waals surface area contributed by atoms with Crippen LogP contribution >= 0.6 is 11.8 Å². The molecule has 3 nitrogen and oxygen atoms in total. The summed E-state index contributed by atoms with van der Waals surface area (Å²) in [5.41, 5.74) is 0.923. The molecule has 1 atom stereocenters. The molecule has 0 bridgehead atoms. The fourth-order valence-corrected chi connectivity index (χ4v) is 4.16. The third-order valence-electron chi connectivity index (χ3n) is 4.15. The first kappa shape index (κ1) is 13.6. The van der Waals surface area contributed by atoms with E-state index in [1.807, 2.05) is 42.1 Å². The third kappa shape index (κ3) is 2.33. The van der Waals surface area contributed by atoms with E-state index in [-0.39, 0.29) is 5.56 Å². The summed E-state index contributed by atoms with van der Waals surface area (Å²) in [5, 5.41) is 0.725. The molecule has 22 heavy (non-hydrogen) atoms. The number of rotatable bonds is 3. The van der Waals surface area contributed by atoms with Gasteiger partial charge in [-0.1, -0.05) is 30.3 Å². The minimum absolute atomic E-state index is 0.0989. The van der Waals surface area contributed by atoms with E-state index in [4.69, 9.17) is 0 Å². The van der Waals surface area contributed by atoms with E-state index in [1.165, 1.54) is 4.90 Å². The van der Waals surface area contributed by atoms with Crippen LogP contribution in [0, 0.1) is 0 Å². The summed E-state index contributed by atoms with van der Waals surface area (Å²) in [6.45, 7) is 0. The minimum Gasteiger partial charge on any atom is -0.325 e. The minimum atomic E-state index is -0.0989. The van der Waals surface area contributed by atoms with Crippen molar-refractivity contribution in [3.8, 4) is 0 Å². The number of aryl methyl sites for hydroxylation is 1. The molecule has 3 aromatic rings. The van der Waals surface area contributed by atoms with Gasteiger partial charge in [0.25, 0.3) is 5.56 Å². The van der Waals surface area contributed by atoms with Crippen LogP contribution in [0.5, 0.6) is 0 Å². The van der Waals surface area contributed by atoms with E-state index in [1.54, 1.807) is 0 Å². The molecular weight excluding hydrogens is 292 g/mol. The summed E-state index contributed by atoms with van der Waals surface area (Å²) < 4.78 is 2.27. The van der Waals surface area contributed by atoms with Crippen molar-refractivity contribution < 1.29 is 0 Å². The summed E-state index contributed by atoms with van der Waals surface area (Å²) in [7, 11) is 0. The number of fused-ring (bicyclic) bond motifs is 3. The molecule has 0 spiro atoms. The summed E-state index contributed by atoms with van der Waals surface area (Å²) >= 11 is 1.87. The number of thioether (sulfide) groups is 1. The molecule has 0 amide bonds. The zero-order valence-electron chi connectivity index (χ0n) is 12.1. The number of aromatic nitrogens is 2. The van der Waals surface area contributed by atoms with Crippen molar-refractivity contribution in [2.24, 2.45) is 0 Å². The van der Waals surface area contributed by atoms with Gasteiger partial charge in [0, 0.05) is 23.1 Å². The molecule has 0 N–H and O–H groups in total. The Labute approximate surface area is 133 Å². The van der Waals surface area contributed by atoms with Gasteiger partial charge in [0.1, 0.15) is 5.82 Å². The van der Waals surface area contributed by atoms with E-state index >= 15 is 0 Å². The SMILES string of the molecule is O=c1nc2n(c3ccccc13)C(CSc1ccccc1)CC2. The van der Waals surface area contributed by atoms with Crippen LogP contribution < -0.4 is 5.56 Å². The van der Waals surface area contributed by atoms with Gasteiger partial charge in [-0.3, -0.25) is 4.79 Å². The topological polar surface area (TPSA) is 34.9 Å². The lowest BCUT2D eigenvalue weighted by Gasteiger charge is -2.17. The Hall–Kier alpha value is -2.07. The lowest BCUT2D eigenvalue weighted by molar-refractivity contribution is 0.601. The van der Waals surface area contributed by atoms with E-state index in [9.17, 15) is 4.79 Å². The maximum absolute atomic E-state index is 12.1. The molecule has 1 unspecified atom stereocenters. The normalized spacial score (nSPS) is 16.8. The number of para-hydroxylation sites is 1. The first-order valence-electron chi connectivity index (χ1n) is 7.51. The van der Waals surface area contributed by atoms with E-state index < -0.39 is 0 Å². The quantitative estimate of drug-likeness (QED) is 0.692. The van der Waals surface area contributed by atoms with E-state index in [0.29, 0.717) is 6.04 Å². The average molecular weight is 308 g/mol. The van der Waals surface area contributed by atoms with Crippen LogP contribution in [-0.4, -0.2) is 15.3 Å². The lowest BCUT2D eigenvalue weighted by atomic mass is 10.2. The highest BCUT2D eigenvalue weighted by Gasteiger charge is 2.25. The van der Waals surface area contributed by atoms with Gasteiger partial charge in [-0.05, 0) is 30.7 Å². The Bertz CT molecular complexity index is 873. The second-order valence-corrected chi connectivity index (χ2v) is 6.63. The van der Waals surface area contributed by atoms with E-state index in [2.05, 4.69) is 33.8 Å². The lowest BCUT2D eigenvalue weighted by Crippen LogP contribution is -2.17. The van der Waals surface area contributed by atoms with Gasteiger partial charge in [0.2, 0.25) is 0 Å². The molecule has 4 heteroatoms. The third-order valence-corrected chi connectivity index (χ3v) is 5.31. The number of benzene rings is 2. The molecule has 2 heterocycles. The standard InChI is InChI=1S/C18H16N2OS/c21-18-15-8-4-5-9-16(15)20-13(10-11-17(20)19-18)12-22-14-6-2-1-3-7-14/h1-9,13H,10-12H2. The molecule has 1 aromatic heterocycles. The number of hydrogen-bond acceptors (Lipinski definition) is 3. The van der Waals surface area contributed by atoms with Gasteiger partial charge in [-0.2, -0.15) is 4.98 Å². The molecule has 1 aliphatic rings. The van der Waals surface area contributed by atoms with Crippen LogP contribution in [0.1, 0.15) is 18.3 Å². The summed E-state index contributed by atoms with van der Waals surface area (Å²) in [6, 6.07) is 18.7. The van der Waals surface area contributed by atoms with Crippen molar-refractivity contribution in [1.29, 1.82) is 0 Å². The molecule has 0 radical (unpaired) electrons. The first-order chi connectivity index (χ1) is 10.8. The second-order valence-electron chi connectivity index (χ2n) is 5.54. The van der Waals surface area contributed by atoms with Crippen LogP contribution in [0.4, 0.5) is 0 Å². The van der Waals surface area contributed by atoms with Gasteiger partial charge in [0.05, 0.1) is 10.9 Å². The Morgan fingerprint density at radius 2 is 1.86 bits per heavy atom. The zero-order valence-corrected chi connectivity index (χ0v) is 12.9. The molecule has 0 aliphatic carbocycles. The Morgan fingerprint density at radius 1 is 1.09 bits per heavy atom. The molecule has 0 saturated carbocycles. The monoisotopic (exact) mass is 308 g/mol. The molecule has 110 valence electrons. The Kier molecular flexibility index (Phi) is 3.47.